The summed E-state index contributed by atoms with van der Waals surface area (Å²) in [4.78, 5) is 15.6. The molecule has 4 nitrogen and oxygen atoms in total. The Morgan fingerprint density at radius 3 is 3.14 bits per heavy atom. The fraction of sp³-hybridized carbons (Fsp3) is 0.667. The molecule has 1 aromatic rings. The van der Waals surface area contributed by atoms with E-state index in [0.717, 1.165) is 18.6 Å². The van der Waals surface area contributed by atoms with Gasteiger partial charge in [-0.3, -0.25) is 4.79 Å². The number of ketones is 1. The van der Waals surface area contributed by atoms with E-state index in [4.69, 9.17) is 4.52 Å². The molecule has 0 spiro atoms. The first kappa shape index (κ1) is 9.71. The summed E-state index contributed by atoms with van der Waals surface area (Å²) >= 11 is 1.64. The van der Waals surface area contributed by atoms with Gasteiger partial charge in [-0.05, 0) is 19.1 Å². The third kappa shape index (κ3) is 1.82. The first-order valence-electron chi connectivity index (χ1n) is 4.65. The van der Waals surface area contributed by atoms with Gasteiger partial charge in [0.15, 0.2) is 5.82 Å². The van der Waals surface area contributed by atoms with Gasteiger partial charge < -0.3 is 4.52 Å². The summed E-state index contributed by atoms with van der Waals surface area (Å²) in [5.41, 5.74) is 0. The van der Waals surface area contributed by atoms with Crippen LogP contribution in [0.5, 0.6) is 0 Å². The Kier molecular flexibility index (Phi) is 2.86. The van der Waals surface area contributed by atoms with Crippen molar-refractivity contribution in [1.82, 2.24) is 10.1 Å². The second-order valence-electron chi connectivity index (χ2n) is 3.39. The molecule has 1 aliphatic rings. The van der Waals surface area contributed by atoms with E-state index in [1.165, 1.54) is 0 Å². The summed E-state index contributed by atoms with van der Waals surface area (Å²) in [6, 6.07) is 0. The van der Waals surface area contributed by atoms with Gasteiger partial charge in [-0.2, -0.15) is 16.7 Å². The molecule has 1 heterocycles. The number of Topliss-reactive ketones (excluding diaryl/α,β-unsaturated/α-hetero) is 1. The maximum absolute atomic E-state index is 11.4. The fourth-order valence-electron chi connectivity index (χ4n) is 1.67. The average Bonchev–Trinajstić information content (AvgIpc) is 2.74. The van der Waals surface area contributed by atoms with E-state index in [2.05, 4.69) is 10.1 Å². The molecular formula is C9H12N2O2S. The molecule has 76 valence electrons. The SMILES string of the molecule is CSCc1noc(C2CCCC2=O)n1. The normalized spacial score (nSPS) is 21.8. The lowest BCUT2D eigenvalue weighted by Gasteiger charge is -1.98. The summed E-state index contributed by atoms with van der Waals surface area (Å²) in [5, 5.41) is 3.83. The van der Waals surface area contributed by atoms with Crippen molar-refractivity contribution in [2.24, 2.45) is 0 Å². The molecule has 0 aromatic carbocycles. The molecule has 1 aromatic heterocycles. The molecule has 1 aliphatic carbocycles. The summed E-state index contributed by atoms with van der Waals surface area (Å²) in [6.07, 6.45) is 4.45. The van der Waals surface area contributed by atoms with Crippen molar-refractivity contribution in [3.63, 3.8) is 0 Å². The third-order valence-electron chi connectivity index (χ3n) is 2.36. The van der Waals surface area contributed by atoms with Gasteiger partial charge in [-0.15, -0.1) is 0 Å². The first-order chi connectivity index (χ1) is 6.81. The van der Waals surface area contributed by atoms with Crippen LogP contribution in [0.2, 0.25) is 0 Å². The summed E-state index contributed by atoms with van der Waals surface area (Å²) in [6.45, 7) is 0. The first-order valence-corrected chi connectivity index (χ1v) is 6.05. The van der Waals surface area contributed by atoms with Crippen LogP contribution in [-0.2, 0) is 10.5 Å². The van der Waals surface area contributed by atoms with Crippen LogP contribution >= 0.6 is 11.8 Å². The highest BCUT2D eigenvalue weighted by molar-refractivity contribution is 7.97. The number of rotatable bonds is 3. The molecule has 1 fully saturated rings. The Balaban J connectivity index is 2.12. The fourth-order valence-corrected chi connectivity index (χ4v) is 2.05. The van der Waals surface area contributed by atoms with Gasteiger partial charge in [0, 0.05) is 6.42 Å². The van der Waals surface area contributed by atoms with E-state index in [1.54, 1.807) is 11.8 Å². The molecule has 0 radical (unpaired) electrons. The topological polar surface area (TPSA) is 56.0 Å². The van der Waals surface area contributed by atoms with Gasteiger partial charge in [-0.1, -0.05) is 5.16 Å². The quantitative estimate of drug-likeness (QED) is 0.764. The number of carbonyl (C=O) groups is 1. The van der Waals surface area contributed by atoms with Crippen molar-refractivity contribution < 1.29 is 9.32 Å². The van der Waals surface area contributed by atoms with Crippen LogP contribution in [0.25, 0.3) is 0 Å². The Hall–Kier alpha value is -0.840. The highest BCUT2D eigenvalue weighted by atomic mass is 32.2. The summed E-state index contributed by atoms with van der Waals surface area (Å²) in [5.74, 6) is 2.05. The number of carbonyl (C=O) groups excluding carboxylic acids is 1. The molecule has 1 unspecified atom stereocenters. The second-order valence-corrected chi connectivity index (χ2v) is 4.26. The van der Waals surface area contributed by atoms with Gasteiger partial charge in [0.05, 0.1) is 11.7 Å². The van der Waals surface area contributed by atoms with E-state index < -0.39 is 0 Å². The van der Waals surface area contributed by atoms with Crippen molar-refractivity contribution >= 4 is 17.5 Å². The Bertz CT molecular complexity index is 337. The van der Waals surface area contributed by atoms with E-state index in [0.29, 0.717) is 18.1 Å². The highest BCUT2D eigenvalue weighted by Gasteiger charge is 2.30. The van der Waals surface area contributed by atoms with Crippen LogP contribution in [0.15, 0.2) is 4.52 Å². The lowest BCUT2D eigenvalue weighted by molar-refractivity contribution is -0.119. The number of nitrogens with zero attached hydrogens (tertiary/aromatic N) is 2. The molecule has 1 atom stereocenters. The number of aromatic nitrogens is 2. The lowest BCUT2D eigenvalue weighted by Crippen LogP contribution is -2.04. The molecule has 5 heteroatoms. The number of thioether (sulfide) groups is 1. The van der Waals surface area contributed by atoms with Crippen molar-refractivity contribution in [3.8, 4) is 0 Å². The van der Waals surface area contributed by atoms with Crippen LogP contribution in [-0.4, -0.2) is 22.2 Å². The maximum Gasteiger partial charge on any atom is 0.237 e. The lowest BCUT2D eigenvalue weighted by atomic mass is 10.1. The van der Waals surface area contributed by atoms with Gasteiger partial charge in [-0.25, -0.2) is 0 Å². The predicted molar refractivity (Wildman–Crippen MR) is 53.1 cm³/mol. The zero-order chi connectivity index (χ0) is 9.97. The van der Waals surface area contributed by atoms with Crippen molar-refractivity contribution in [3.05, 3.63) is 11.7 Å². The van der Waals surface area contributed by atoms with E-state index in [9.17, 15) is 4.79 Å². The molecule has 2 rings (SSSR count). The Morgan fingerprint density at radius 2 is 2.50 bits per heavy atom. The van der Waals surface area contributed by atoms with Gasteiger partial charge in [0.25, 0.3) is 0 Å². The standard InChI is InChI=1S/C9H12N2O2S/c1-14-5-8-10-9(13-11-8)6-3-2-4-7(6)12/h6H,2-5H2,1H3. The van der Waals surface area contributed by atoms with Crippen molar-refractivity contribution in [2.45, 2.75) is 30.9 Å². The van der Waals surface area contributed by atoms with Gasteiger partial charge in [0.1, 0.15) is 5.78 Å². The van der Waals surface area contributed by atoms with Gasteiger partial charge >= 0.3 is 0 Å². The molecule has 0 amide bonds. The highest BCUT2D eigenvalue weighted by Crippen LogP contribution is 2.30. The molecule has 1 saturated carbocycles. The molecule has 0 saturated heterocycles. The van der Waals surface area contributed by atoms with Crippen molar-refractivity contribution in [1.29, 1.82) is 0 Å². The molecule has 0 N–H and O–H groups in total. The second kappa shape index (κ2) is 4.13. The molecule has 0 bridgehead atoms. The van der Waals surface area contributed by atoms with Crippen LogP contribution in [0.1, 0.15) is 36.9 Å². The molecule has 14 heavy (non-hydrogen) atoms. The minimum absolute atomic E-state index is 0.127. The zero-order valence-corrected chi connectivity index (χ0v) is 8.84. The zero-order valence-electron chi connectivity index (χ0n) is 8.02. The Morgan fingerprint density at radius 1 is 1.64 bits per heavy atom. The summed E-state index contributed by atoms with van der Waals surface area (Å²) < 4.78 is 5.08. The van der Waals surface area contributed by atoms with Crippen LogP contribution < -0.4 is 0 Å². The minimum Gasteiger partial charge on any atom is -0.339 e. The van der Waals surface area contributed by atoms with E-state index in [1.807, 2.05) is 6.26 Å². The monoisotopic (exact) mass is 212 g/mol. The number of hydrogen-bond acceptors (Lipinski definition) is 5. The van der Waals surface area contributed by atoms with Crippen LogP contribution in [0, 0.1) is 0 Å². The predicted octanol–water partition coefficient (Wildman–Crippen LogP) is 1.77. The van der Waals surface area contributed by atoms with Crippen LogP contribution in [0.4, 0.5) is 0 Å². The molecule has 0 aliphatic heterocycles. The van der Waals surface area contributed by atoms with Crippen LogP contribution in [0.3, 0.4) is 0 Å². The summed E-state index contributed by atoms with van der Waals surface area (Å²) in [7, 11) is 0. The average molecular weight is 212 g/mol. The third-order valence-corrected chi connectivity index (χ3v) is 2.91. The van der Waals surface area contributed by atoms with E-state index >= 15 is 0 Å². The van der Waals surface area contributed by atoms with Crippen molar-refractivity contribution in [2.75, 3.05) is 6.26 Å². The van der Waals surface area contributed by atoms with Gasteiger partial charge in [0.2, 0.25) is 5.89 Å². The maximum atomic E-state index is 11.4. The largest absolute Gasteiger partial charge is 0.339 e. The van der Waals surface area contributed by atoms with E-state index in [-0.39, 0.29) is 11.7 Å². The smallest absolute Gasteiger partial charge is 0.237 e. The minimum atomic E-state index is -0.127. The number of hydrogen-bond donors (Lipinski definition) is 0. The molecular weight excluding hydrogens is 200 g/mol. The Labute approximate surface area is 86.4 Å².